The van der Waals surface area contributed by atoms with Crippen LogP contribution in [-0.4, -0.2) is 41.5 Å². The van der Waals surface area contributed by atoms with Crippen LogP contribution in [0.5, 0.6) is 5.75 Å². The molecule has 0 aliphatic carbocycles. The van der Waals surface area contributed by atoms with Crippen LogP contribution in [0.1, 0.15) is 23.5 Å². The van der Waals surface area contributed by atoms with E-state index in [9.17, 15) is 14.4 Å². The van der Waals surface area contributed by atoms with E-state index in [2.05, 4.69) is 15.3 Å². The Morgan fingerprint density at radius 1 is 1.33 bits per heavy atom. The molecule has 1 aliphatic heterocycles. The highest BCUT2D eigenvalue weighted by molar-refractivity contribution is 5.98. The van der Waals surface area contributed by atoms with Crippen LogP contribution in [0, 0.1) is 13.8 Å². The van der Waals surface area contributed by atoms with Gasteiger partial charge in [-0.1, -0.05) is 12.1 Å². The molecular formula is C19H22N4O4. The molecule has 27 heavy (non-hydrogen) atoms. The number of aryl methyl sites for hydroxylation is 2. The maximum atomic E-state index is 12.4. The summed E-state index contributed by atoms with van der Waals surface area (Å²) in [4.78, 5) is 45.2. The number of benzene rings is 1. The molecule has 2 amide bonds. The number of hydrogen-bond acceptors (Lipinski definition) is 5. The molecule has 1 atom stereocenters. The van der Waals surface area contributed by atoms with Crippen molar-refractivity contribution in [2.75, 3.05) is 18.6 Å². The van der Waals surface area contributed by atoms with Crippen molar-refractivity contribution in [2.24, 2.45) is 0 Å². The Bertz CT molecular complexity index is 938. The van der Waals surface area contributed by atoms with Gasteiger partial charge in [0.25, 0.3) is 5.56 Å². The second kappa shape index (κ2) is 7.61. The minimum atomic E-state index is -0.326. The van der Waals surface area contributed by atoms with Crippen LogP contribution >= 0.6 is 0 Å². The summed E-state index contributed by atoms with van der Waals surface area (Å²) in [5.74, 6) is 0.714. The Labute approximate surface area is 156 Å². The van der Waals surface area contributed by atoms with E-state index in [1.54, 1.807) is 31.9 Å². The topological polar surface area (TPSA) is 104 Å². The lowest BCUT2D eigenvalue weighted by Crippen LogP contribution is -2.39. The number of nitrogens with zero attached hydrogens (tertiary/aromatic N) is 2. The molecule has 2 N–H and O–H groups in total. The third kappa shape index (κ3) is 3.99. The van der Waals surface area contributed by atoms with Crippen LogP contribution in [0.15, 0.2) is 29.1 Å². The van der Waals surface area contributed by atoms with Gasteiger partial charge in [0, 0.05) is 24.2 Å². The summed E-state index contributed by atoms with van der Waals surface area (Å²) < 4.78 is 5.31. The molecule has 1 aromatic carbocycles. The number of aromatic amines is 1. The molecule has 1 aromatic heterocycles. The Morgan fingerprint density at radius 2 is 2.07 bits per heavy atom. The summed E-state index contributed by atoms with van der Waals surface area (Å²) in [7, 11) is 1.55. The summed E-state index contributed by atoms with van der Waals surface area (Å²) in [5.41, 5.74) is 1.23. The van der Waals surface area contributed by atoms with Gasteiger partial charge in [0.05, 0.1) is 25.3 Å². The van der Waals surface area contributed by atoms with Gasteiger partial charge in [-0.25, -0.2) is 4.98 Å². The van der Waals surface area contributed by atoms with Crippen LogP contribution in [-0.2, 0) is 16.0 Å². The fourth-order valence-electron chi connectivity index (χ4n) is 3.29. The summed E-state index contributed by atoms with van der Waals surface area (Å²) in [6.07, 6.45) is 0.124. The molecule has 0 spiro atoms. The largest absolute Gasteiger partial charge is 0.495 e. The number of H-pyrrole nitrogens is 1. The quantitative estimate of drug-likeness (QED) is 0.812. The molecule has 142 valence electrons. The van der Waals surface area contributed by atoms with Crippen molar-refractivity contribution >= 4 is 17.5 Å². The maximum Gasteiger partial charge on any atom is 0.254 e. The van der Waals surface area contributed by atoms with Gasteiger partial charge >= 0.3 is 0 Å². The van der Waals surface area contributed by atoms with Crippen LogP contribution in [0.2, 0.25) is 0 Å². The SMILES string of the molecule is COc1ccccc1N1C[C@H](NC(=O)Cc2c(C)nc(C)[nH]c2=O)CC1=O. The molecule has 0 saturated carbocycles. The van der Waals surface area contributed by atoms with Crippen LogP contribution in [0.4, 0.5) is 5.69 Å². The number of hydrogen-bond donors (Lipinski definition) is 2. The second-order valence-corrected chi connectivity index (χ2v) is 6.54. The van der Waals surface area contributed by atoms with Gasteiger partial charge in [0.1, 0.15) is 11.6 Å². The van der Waals surface area contributed by atoms with Gasteiger partial charge in [0.2, 0.25) is 11.8 Å². The van der Waals surface area contributed by atoms with Crippen molar-refractivity contribution in [3.63, 3.8) is 0 Å². The van der Waals surface area contributed by atoms with Gasteiger partial charge in [-0.15, -0.1) is 0 Å². The first-order chi connectivity index (χ1) is 12.9. The second-order valence-electron chi connectivity index (χ2n) is 6.54. The van der Waals surface area contributed by atoms with Gasteiger partial charge < -0.3 is 19.9 Å². The normalized spacial score (nSPS) is 16.5. The van der Waals surface area contributed by atoms with Gasteiger partial charge in [-0.2, -0.15) is 0 Å². The van der Waals surface area contributed by atoms with Gasteiger partial charge in [-0.3, -0.25) is 14.4 Å². The first-order valence-electron chi connectivity index (χ1n) is 8.68. The number of amides is 2. The minimum absolute atomic E-state index is 0.0756. The molecule has 1 saturated heterocycles. The Morgan fingerprint density at radius 3 is 2.78 bits per heavy atom. The average Bonchev–Trinajstić information content (AvgIpc) is 2.98. The van der Waals surface area contributed by atoms with Gasteiger partial charge in [-0.05, 0) is 26.0 Å². The lowest BCUT2D eigenvalue weighted by molar-refractivity contribution is -0.121. The Balaban J connectivity index is 1.68. The minimum Gasteiger partial charge on any atom is -0.495 e. The number of carbonyl (C=O) groups excluding carboxylic acids is 2. The molecule has 2 heterocycles. The van der Waals surface area contributed by atoms with E-state index < -0.39 is 0 Å². The lowest BCUT2D eigenvalue weighted by atomic mass is 10.1. The highest BCUT2D eigenvalue weighted by Crippen LogP contribution is 2.30. The number of methoxy groups -OCH3 is 1. The highest BCUT2D eigenvalue weighted by atomic mass is 16.5. The standard InChI is InChI=1S/C19H22N4O4/c1-11-14(19(26)21-12(2)20-11)9-17(24)22-13-8-18(25)23(10-13)15-6-4-5-7-16(15)27-3/h4-7,13H,8-10H2,1-3H3,(H,22,24)(H,20,21,26)/t13-/m1/s1. The number of ether oxygens (including phenoxy) is 1. The molecule has 8 heteroatoms. The summed E-state index contributed by atoms with van der Waals surface area (Å²) in [6, 6.07) is 6.93. The molecule has 0 radical (unpaired) electrons. The zero-order chi connectivity index (χ0) is 19.6. The van der Waals surface area contributed by atoms with E-state index in [1.807, 2.05) is 18.2 Å². The molecule has 1 aliphatic rings. The predicted octanol–water partition coefficient (Wildman–Crippen LogP) is 0.860. The lowest BCUT2D eigenvalue weighted by Gasteiger charge is -2.19. The number of rotatable bonds is 5. The number of nitrogens with one attached hydrogen (secondary N) is 2. The maximum absolute atomic E-state index is 12.4. The van der Waals surface area contributed by atoms with Crippen LogP contribution < -0.4 is 20.5 Å². The fraction of sp³-hybridized carbons (Fsp3) is 0.368. The van der Waals surface area contributed by atoms with Gasteiger partial charge in [0.15, 0.2) is 0 Å². The first-order valence-corrected chi connectivity index (χ1v) is 8.68. The van der Waals surface area contributed by atoms with E-state index in [-0.39, 0.29) is 36.3 Å². The van der Waals surface area contributed by atoms with Crippen molar-refractivity contribution in [3.8, 4) is 5.75 Å². The van der Waals surface area contributed by atoms with Crippen molar-refractivity contribution < 1.29 is 14.3 Å². The molecule has 0 unspecified atom stereocenters. The predicted molar refractivity (Wildman–Crippen MR) is 99.9 cm³/mol. The molecule has 2 aromatic rings. The van der Waals surface area contributed by atoms with Crippen molar-refractivity contribution in [3.05, 3.63) is 51.7 Å². The van der Waals surface area contributed by atoms with Crippen LogP contribution in [0.25, 0.3) is 0 Å². The molecule has 8 nitrogen and oxygen atoms in total. The molecule has 1 fully saturated rings. The first kappa shape index (κ1) is 18.6. The van der Waals surface area contributed by atoms with Crippen molar-refractivity contribution in [2.45, 2.75) is 32.7 Å². The Kier molecular flexibility index (Phi) is 5.25. The van der Waals surface area contributed by atoms with E-state index in [0.29, 0.717) is 35.1 Å². The van der Waals surface area contributed by atoms with E-state index >= 15 is 0 Å². The van der Waals surface area contributed by atoms with Crippen molar-refractivity contribution in [1.29, 1.82) is 0 Å². The summed E-state index contributed by atoms with van der Waals surface area (Å²) in [5, 5.41) is 2.84. The fourth-order valence-corrected chi connectivity index (χ4v) is 3.29. The summed E-state index contributed by atoms with van der Waals surface area (Å²) >= 11 is 0. The van der Waals surface area contributed by atoms with Crippen LogP contribution in [0.3, 0.4) is 0 Å². The monoisotopic (exact) mass is 370 g/mol. The number of carbonyl (C=O) groups is 2. The number of aromatic nitrogens is 2. The zero-order valence-electron chi connectivity index (χ0n) is 15.5. The number of para-hydroxylation sites is 2. The average molecular weight is 370 g/mol. The smallest absolute Gasteiger partial charge is 0.254 e. The molecule has 3 rings (SSSR count). The molecular weight excluding hydrogens is 348 g/mol. The van der Waals surface area contributed by atoms with Crippen molar-refractivity contribution in [1.82, 2.24) is 15.3 Å². The third-order valence-corrected chi connectivity index (χ3v) is 4.54. The third-order valence-electron chi connectivity index (χ3n) is 4.54. The summed E-state index contributed by atoms with van der Waals surface area (Å²) in [6.45, 7) is 3.74. The molecule has 0 bridgehead atoms. The highest BCUT2D eigenvalue weighted by Gasteiger charge is 2.33. The number of anilines is 1. The Hall–Kier alpha value is -3.16. The van der Waals surface area contributed by atoms with E-state index in [1.165, 1.54) is 0 Å². The van der Waals surface area contributed by atoms with E-state index in [4.69, 9.17) is 4.74 Å². The van der Waals surface area contributed by atoms with E-state index in [0.717, 1.165) is 0 Å². The zero-order valence-corrected chi connectivity index (χ0v) is 15.5.